The van der Waals surface area contributed by atoms with Crippen molar-refractivity contribution in [2.75, 3.05) is 0 Å². The molecule has 0 aliphatic carbocycles. The normalized spacial score (nSPS) is 9.73. The van der Waals surface area contributed by atoms with Crippen LogP contribution in [-0.2, 0) is 9.59 Å². The summed E-state index contributed by atoms with van der Waals surface area (Å²) in [6.45, 7) is 2.76. The number of nitrogens with zero attached hydrogens (tertiary/aromatic N) is 1. The summed E-state index contributed by atoms with van der Waals surface area (Å²) in [5.74, 6) is -1.13. The standard InChI is InChI=1S/C12H11NO2/c1-8(14)12(9(2)15)11-5-3-4-10(6-11)7-13/h3-6,12H,1-2H3. The summed E-state index contributed by atoms with van der Waals surface area (Å²) in [5.41, 5.74) is 1.05. The van der Waals surface area contributed by atoms with Gasteiger partial charge in [-0.15, -0.1) is 0 Å². The third-order valence-corrected chi connectivity index (χ3v) is 2.16. The van der Waals surface area contributed by atoms with Gasteiger partial charge in [0.2, 0.25) is 0 Å². The van der Waals surface area contributed by atoms with Crippen LogP contribution in [0.25, 0.3) is 0 Å². The predicted molar refractivity (Wildman–Crippen MR) is 55.3 cm³/mol. The molecule has 0 saturated carbocycles. The maximum atomic E-state index is 11.3. The molecule has 3 heteroatoms. The highest BCUT2D eigenvalue weighted by Gasteiger charge is 2.21. The van der Waals surface area contributed by atoms with Crippen LogP contribution in [0.15, 0.2) is 24.3 Å². The zero-order valence-corrected chi connectivity index (χ0v) is 8.65. The van der Waals surface area contributed by atoms with Gasteiger partial charge in [-0.2, -0.15) is 5.26 Å². The van der Waals surface area contributed by atoms with Crippen LogP contribution in [0.3, 0.4) is 0 Å². The first kappa shape index (κ1) is 11.1. The van der Waals surface area contributed by atoms with Gasteiger partial charge in [-0.3, -0.25) is 9.59 Å². The summed E-state index contributed by atoms with van der Waals surface area (Å²) in [4.78, 5) is 22.6. The first-order valence-electron chi connectivity index (χ1n) is 4.57. The number of ketones is 2. The van der Waals surface area contributed by atoms with E-state index in [1.54, 1.807) is 24.3 Å². The van der Waals surface area contributed by atoms with Crippen molar-refractivity contribution >= 4 is 11.6 Å². The van der Waals surface area contributed by atoms with Crippen LogP contribution in [0.5, 0.6) is 0 Å². The molecule has 0 N–H and O–H groups in total. The molecule has 15 heavy (non-hydrogen) atoms. The fourth-order valence-corrected chi connectivity index (χ4v) is 1.54. The molecule has 0 saturated heterocycles. The Morgan fingerprint density at radius 2 is 1.87 bits per heavy atom. The third kappa shape index (κ3) is 2.50. The van der Waals surface area contributed by atoms with Crippen LogP contribution in [0, 0.1) is 11.3 Å². The number of carbonyl (C=O) groups is 2. The minimum absolute atomic E-state index is 0.197. The van der Waals surface area contributed by atoms with E-state index < -0.39 is 5.92 Å². The second kappa shape index (κ2) is 4.52. The number of nitriles is 1. The molecule has 3 nitrogen and oxygen atoms in total. The van der Waals surface area contributed by atoms with Crippen LogP contribution in [0.1, 0.15) is 30.9 Å². The van der Waals surface area contributed by atoms with Crippen molar-refractivity contribution in [1.82, 2.24) is 0 Å². The number of Topliss-reactive ketones (excluding diaryl/α,β-unsaturated/α-hetero) is 2. The molecule has 0 radical (unpaired) electrons. The number of hydrogen-bond acceptors (Lipinski definition) is 3. The van der Waals surface area contributed by atoms with Crippen LogP contribution in [0.2, 0.25) is 0 Å². The average molecular weight is 201 g/mol. The summed E-state index contributed by atoms with van der Waals surface area (Å²) in [6.07, 6.45) is 0. The Kier molecular flexibility index (Phi) is 3.35. The van der Waals surface area contributed by atoms with Crippen LogP contribution >= 0.6 is 0 Å². The molecular weight excluding hydrogens is 190 g/mol. The molecule has 0 heterocycles. The lowest BCUT2D eigenvalue weighted by Crippen LogP contribution is -2.17. The van der Waals surface area contributed by atoms with Gasteiger partial charge in [-0.1, -0.05) is 12.1 Å². The zero-order valence-electron chi connectivity index (χ0n) is 8.65. The Labute approximate surface area is 88.3 Å². The Morgan fingerprint density at radius 1 is 1.27 bits per heavy atom. The van der Waals surface area contributed by atoms with Gasteiger partial charge in [-0.25, -0.2) is 0 Å². The highest BCUT2D eigenvalue weighted by Crippen LogP contribution is 2.19. The van der Waals surface area contributed by atoms with Gasteiger partial charge in [0.15, 0.2) is 0 Å². The van der Waals surface area contributed by atoms with Crippen molar-refractivity contribution in [3.63, 3.8) is 0 Å². The van der Waals surface area contributed by atoms with E-state index in [4.69, 9.17) is 5.26 Å². The molecule has 1 aromatic carbocycles. The van der Waals surface area contributed by atoms with Crippen molar-refractivity contribution in [2.45, 2.75) is 19.8 Å². The van der Waals surface area contributed by atoms with Crippen molar-refractivity contribution in [3.8, 4) is 6.07 Å². The second-order valence-corrected chi connectivity index (χ2v) is 3.39. The van der Waals surface area contributed by atoms with E-state index in [2.05, 4.69) is 0 Å². The molecule has 0 aromatic heterocycles. The molecule has 1 aromatic rings. The Hall–Kier alpha value is -1.95. The average Bonchev–Trinajstić information content (AvgIpc) is 2.17. The van der Waals surface area contributed by atoms with E-state index in [-0.39, 0.29) is 11.6 Å². The topological polar surface area (TPSA) is 57.9 Å². The zero-order chi connectivity index (χ0) is 11.4. The first-order valence-corrected chi connectivity index (χ1v) is 4.57. The maximum Gasteiger partial charge on any atom is 0.144 e. The maximum absolute atomic E-state index is 11.3. The van der Waals surface area contributed by atoms with E-state index in [9.17, 15) is 9.59 Å². The quantitative estimate of drug-likeness (QED) is 0.701. The molecule has 0 fully saturated rings. The number of hydrogen-bond donors (Lipinski definition) is 0. The lowest BCUT2D eigenvalue weighted by atomic mass is 9.91. The molecule has 0 atom stereocenters. The molecule has 0 unspecified atom stereocenters. The summed E-state index contributed by atoms with van der Waals surface area (Å²) < 4.78 is 0. The molecule has 0 spiro atoms. The summed E-state index contributed by atoms with van der Waals surface area (Å²) in [5, 5.41) is 8.70. The number of carbonyl (C=O) groups excluding carboxylic acids is 2. The Morgan fingerprint density at radius 3 is 2.33 bits per heavy atom. The van der Waals surface area contributed by atoms with E-state index in [1.807, 2.05) is 6.07 Å². The van der Waals surface area contributed by atoms with Gasteiger partial charge in [0.1, 0.15) is 17.5 Å². The minimum Gasteiger partial charge on any atom is -0.299 e. The Bertz CT molecular complexity index is 429. The van der Waals surface area contributed by atoms with Gasteiger partial charge in [-0.05, 0) is 31.5 Å². The van der Waals surface area contributed by atoms with Gasteiger partial charge in [0.25, 0.3) is 0 Å². The smallest absolute Gasteiger partial charge is 0.144 e. The van der Waals surface area contributed by atoms with E-state index in [1.165, 1.54) is 13.8 Å². The van der Waals surface area contributed by atoms with Crippen molar-refractivity contribution < 1.29 is 9.59 Å². The lowest BCUT2D eigenvalue weighted by molar-refractivity contribution is -0.126. The van der Waals surface area contributed by atoms with Crippen LogP contribution in [-0.4, -0.2) is 11.6 Å². The van der Waals surface area contributed by atoms with Gasteiger partial charge in [0.05, 0.1) is 11.6 Å². The highest BCUT2D eigenvalue weighted by molar-refractivity contribution is 6.05. The fourth-order valence-electron chi connectivity index (χ4n) is 1.54. The number of benzene rings is 1. The minimum atomic E-state index is -0.738. The summed E-state index contributed by atoms with van der Waals surface area (Å²) in [6, 6.07) is 8.56. The largest absolute Gasteiger partial charge is 0.299 e. The second-order valence-electron chi connectivity index (χ2n) is 3.39. The molecule has 0 aliphatic heterocycles. The molecule has 76 valence electrons. The molecule has 1 rings (SSSR count). The van der Waals surface area contributed by atoms with Gasteiger partial charge < -0.3 is 0 Å². The van der Waals surface area contributed by atoms with E-state index >= 15 is 0 Å². The van der Waals surface area contributed by atoms with Crippen molar-refractivity contribution in [3.05, 3.63) is 35.4 Å². The molecular formula is C12H11NO2. The number of rotatable bonds is 3. The van der Waals surface area contributed by atoms with Gasteiger partial charge >= 0.3 is 0 Å². The third-order valence-electron chi connectivity index (χ3n) is 2.16. The summed E-state index contributed by atoms with van der Waals surface area (Å²) >= 11 is 0. The molecule has 0 aliphatic rings. The predicted octanol–water partition coefficient (Wildman–Crippen LogP) is 1.82. The van der Waals surface area contributed by atoms with Gasteiger partial charge in [0, 0.05) is 0 Å². The van der Waals surface area contributed by atoms with Crippen LogP contribution in [0.4, 0.5) is 0 Å². The monoisotopic (exact) mass is 201 g/mol. The molecule has 0 amide bonds. The Balaban J connectivity index is 3.18. The first-order chi connectivity index (χ1) is 7.06. The summed E-state index contributed by atoms with van der Waals surface area (Å²) in [7, 11) is 0. The van der Waals surface area contributed by atoms with Crippen LogP contribution < -0.4 is 0 Å². The highest BCUT2D eigenvalue weighted by atomic mass is 16.1. The van der Waals surface area contributed by atoms with Crippen molar-refractivity contribution in [1.29, 1.82) is 5.26 Å². The van der Waals surface area contributed by atoms with E-state index in [0.717, 1.165) is 0 Å². The van der Waals surface area contributed by atoms with E-state index in [0.29, 0.717) is 11.1 Å². The molecule has 0 bridgehead atoms. The lowest BCUT2D eigenvalue weighted by Gasteiger charge is -2.10. The van der Waals surface area contributed by atoms with Crippen molar-refractivity contribution in [2.24, 2.45) is 0 Å². The fraction of sp³-hybridized carbons (Fsp3) is 0.250. The SMILES string of the molecule is CC(=O)C(C(C)=O)c1cccc(C#N)c1.